The number of rotatable bonds is 5. The summed E-state index contributed by atoms with van der Waals surface area (Å²) in [6.45, 7) is 1.88. The summed E-state index contributed by atoms with van der Waals surface area (Å²) in [5, 5.41) is 0.233. The van der Waals surface area contributed by atoms with Crippen LogP contribution in [-0.4, -0.2) is 17.6 Å². The third-order valence-corrected chi connectivity index (χ3v) is 3.49. The van der Waals surface area contributed by atoms with E-state index in [1.807, 2.05) is 0 Å². The van der Waals surface area contributed by atoms with Crippen molar-refractivity contribution in [2.75, 3.05) is 6.61 Å². The zero-order valence-corrected chi connectivity index (χ0v) is 12.7. The minimum atomic E-state index is -2.67. The van der Waals surface area contributed by atoms with Crippen LogP contribution in [0.3, 0.4) is 0 Å². The van der Waals surface area contributed by atoms with Gasteiger partial charge < -0.3 is 4.74 Å². The average Bonchev–Trinajstić information content (AvgIpc) is 2.30. The maximum absolute atomic E-state index is 13.1. The van der Waals surface area contributed by atoms with E-state index in [1.165, 1.54) is 6.20 Å². The standard InChI is InChI=1S/C11H11Br2F2NO2/c1-2-18-8(17)3-6-5-16-10(13)7(4-12)9(6)11(14)15/h5,11H,2-4H2,1H3. The molecule has 0 aromatic carbocycles. The molecule has 0 aliphatic rings. The lowest BCUT2D eigenvalue weighted by Gasteiger charge is -2.13. The summed E-state index contributed by atoms with van der Waals surface area (Å²) in [6.07, 6.45) is -1.59. The number of halogens is 4. The molecule has 0 aliphatic heterocycles. The number of carbonyl (C=O) groups excluding carboxylic acids is 1. The first-order valence-electron chi connectivity index (χ1n) is 5.17. The van der Waals surface area contributed by atoms with Gasteiger partial charge in [0.15, 0.2) is 0 Å². The Morgan fingerprint density at radius 3 is 2.72 bits per heavy atom. The van der Waals surface area contributed by atoms with Crippen LogP contribution >= 0.6 is 31.9 Å². The second kappa shape index (κ2) is 7.13. The summed E-state index contributed by atoms with van der Waals surface area (Å²) in [5.41, 5.74) is 0.384. The molecule has 0 bridgehead atoms. The molecule has 7 heteroatoms. The third-order valence-electron chi connectivity index (χ3n) is 2.25. The van der Waals surface area contributed by atoms with E-state index in [2.05, 4.69) is 36.8 Å². The van der Waals surface area contributed by atoms with Gasteiger partial charge in [-0.25, -0.2) is 13.8 Å². The van der Waals surface area contributed by atoms with E-state index >= 15 is 0 Å². The predicted molar refractivity (Wildman–Crippen MR) is 69.9 cm³/mol. The molecule has 100 valence electrons. The number of alkyl halides is 3. The van der Waals surface area contributed by atoms with Crippen LogP contribution < -0.4 is 0 Å². The summed E-state index contributed by atoms with van der Waals surface area (Å²) >= 11 is 6.26. The molecule has 3 nitrogen and oxygen atoms in total. The van der Waals surface area contributed by atoms with Gasteiger partial charge in [0.05, 0.1) is 13.0 Å². The number of hydrogen-bond acceptors (Lipinski definition) is 3. The van der Waals surface area contributed by atoms with Gasteiger partial charge in [0.25, 0.3) is 6.43 Å². The van der Waals surface area contributed by atoms with E-state index in [-0.39, 0.29) is 29.5 Å². The molecule has 0 saturated heterocycles. The molecule has 0 aliphatic carbocycles. The van der Waals surface area contributed by atoms with E-state index in [0.29, 0.717) is 10.2 Å². The molecule has 0 radical (unpaired) electrons. The highest BCUT2D eigenvalue weighted by atomic mass is 79.9. The van der Waals surface area contributed by atoms with E-state index in [1.54, 1.807) is 6.92 Å². The summed E-state index contributed by atoms with van der Waals surface area (Å²) < 4.78 is 31.2. The highest BCUT2D eigenvalue weighted by Gasteiger charge is 2.22. The number of esters is 1. The van der Waals surface area contributed by atoms with Gasteiger partial charge in [-0.15, -0.1) is 0 Å². The Balaban J connectivity index is 3.15. The predicted octanol–water partition coefficient (Wildman–Crippen LogP) is 3.78. The van der Waals surface area contributed by atoms with Crippen molar-refractivity contribution >= 4 is 37.8 Å². The minimum Gasteiger partial charge on any atom is -0.466 e. The van der Waals surface area contributed by atoms with E-state index in [0.717, 1.165) is 0 Å². The zero-order chi connectivity index (χ0) is 13.7. The van der Waals surface area contributed by atoms with Crippen molar-refractivity contribution in [2.24, 2.45) is 0 Å². The zero-order valence-electron chi connectivity index (χ0n) is 9.55. The first-order chi connectivity index (χ1) is 8.51. The molecule has 1 rings (SSSR count). The first kappa shape index (κ1) is 15.5. The number of aromatic nitrogens is 1. The van der Waals surface area contributed by atoms with Gasteiger partial charge in [0.1, 0.15) is 4.60 Å². The number of ether oxygens (including phenoxy) is 1. The Morgan fingerprint density at radius 2 is 2.22 bits per heavy atom. The molecule has 0 unspecified atom stereocenters. The van der Waals surface area contributed by atoms with Gasteiger partial charge in [-0.1, -0.05) is 15.9 Å². The molecule has 0 atom stereocenters. The maximum atomic E-state index is 13.1. The molecule has 0 amide bonds. The van der Waals surface area contributed by atoms with Crippen LogP contribution in [0.4, 0.5) is 8.78 Å². The first-order valence-corrected chi connectivity index (χ1v) is 7.08. The molecular formula is C11H11Br2F2NO2. The second-order valence-corrected chi connectivity index (χ2v) is 4.69. The van der Waals surface area contributed by atoms with Gasteiger partial charge in [-0.2, -0.15) is 0 Å². The van der Waals surface area contributed by atoms with Crippen LogP contribution in [0.2, 0.25) is 0 Å². The van der Waals surface area contributed by atoms with Crippen molar-refractivity contribution in [3.05, 3.63) is 27.5 Å². The summed E-state index contributed by atoms with van der Waals surface area (Å²) in [7, 11) is 0. The van der Waals surface area contributed by atoms with Crippen molar-refractivity contribution in [1.82, 2.24) is 4.98 Å². The van der Waals surface area contributed by atoms with E-state index in [4.69, 9.17) is 4.74 Å². The largest absolute Gasteiger partial charge is 0.466 e. The number of hydrogen-bond donors (Lipinski definition) is 0. The monoisotopic (exact) mass is 385 g/mol. The fourth-order valence-electron chi connectivity index (χ4n) is 1.49. The fraction of sp³-hybridized carbons (Fsp3) is 0.455. The summed E-state index contributed by atoms with van der Waals surface area (Å²) in [5.74, 6) is -0.538. The Labute approximate surface area is 120 Å². The van der Waals surface area contributed by atoms with Crippen LogP contribution in [-0.2, 0) is 21.3 Å². The summed E-state index contributed by atoms with van der Waals surface area (Å²) in [6, 6.07) is 0. The quantitative estimate of drug-likeness (QED) is 0.439. The number of pyridine rings is 1. The van der Waals surface area contributed by atoms with Crippen LogP contribution in [0.5, 0.6) is 0 Å². The molecule has 0 N–H and O–H groups in total. The fourth-order valence-corrected chi connectivity index (χ4v) is 2.89. The lowest BCUT2D eigenvalue weighted by Crippen LogP contribution is -2.11. The highest BCUT2D eigenvalue weighted by molar-refractivity contribution is 9.10. The normalized spacial score (nSPS) is 10.8. The summed E-state index contributed by atoms with van der Waals surface area (Å²) in [4.78, 5) is 15.3. The molecular weight excluding hydrogens is 376 g/mol. The minimum absolute atomic E-state index is 0.165. The Morgan fingerprint density at radius 1 is 1.56 bits per heavy atom. The van der Waals surface area contributed by atoms with Crippen molar-refractivity contribution in [1.29, 1.82) is 0 Å². The molecule has 1 heterocycles. The van der Waals surface area contributed by atoms with Crippen LogP contribution in [0.25, 0.3) is 0 Å². The molecule has 0 spiro atoms. The average molecular weight is 387 g/mol. The Kier molecular flexibility index (Phi) is 6.14. The molecule has 0 fully saturated rings. The smallest absolute Gasteiger partial charge is 0.310 e. The van der Waals surface area contributed by atoms with Crippen molar-refractivity contribution < 1.29 is 18.3 Å². The highest BCUT2D eigenvalue weighted by Crippen LogP contribution is 2.32. The maximum Gasteiger partial charge on any atom is 0.310 e. The lowest BCUT2D eigenvalue weighted by molar-refractivity contribution is -0.142. The van der Waals surface area contributed by atoms with Gasteiger partial charge in [0.2, 0.25) is 0 Å². The third kappa shape index (κ3) is 3.71. The van der Waals surface area contributed by atoms with Crippen molar-refractivity contribution in [2.45, 2.75) is 25.1 Å². The van der Waals surface area contributed by atoms with Crippen molar-refractivity contribution in [3.63, 3.8) is 0 Å². The number of nitrogens with zero attached hydrogens (tertiary/aromatic N) is 1. The van der Waals surface area contributed by atoms with Crippen LogP contribution in [0.15, 0.2) is 10.8 Å². The van der Waals surface area contributed by atoms with Crippen LogP contribution in [0, 0.1) is 0 Å². The van der Waals surface area contributed by atoms with Gasteiger partial charge in [-0.05, 0) is 28.4 Å². The molecule has 1 aromatic heterocycles. The van der Waals surface area contributed by atoms with Gasteiger partial charge in [0, 0.05) is 22.7 Å². The number of carbonyl (C=O) groups is 1. The van der Waals surface area contributed by atoms with Gasteiger partial charge >= 0.3 is 5.97 Å². The molecule has 18 heavy (non-hydrogen) atoms. The van der Waals surface area contributed by atoms with E-state index in [9.17, 15) is 13.6 Å². The molecule has 0 saturated carbocycles. The molecule has 1 aromatic rings. The topological polar surface area (TPSA) is 39.2 Å². The SMILES string of the molecule is CCOC(=O)Cc1cnc(Br)c(CBr)c1C(F)F. The lowest BCUT2D eigenvalue weighted by atomic mass is 10.0. The van der Waals surface area contributed by atoms with Crippen molar-refractivity contribution in [3.8, 4) is 0 Å². The van der Waals surface area contributed by atoms with E-state index < -0.39 is 12.4 Å². The van der Waals surface area contributed by atoms with Crippen LogP contribution in [0.1, 0.15) is 30.0 Å². The Hall–Kier alpha value is -0.560. The Bertz CT molecular complexity index is 441. The second-order valence-electron chi connectivity index (χ2n) is 3.38. The van der Waals surface area contributed by atoms with Gasteiger partial charge in [-0.3, -0.25) is 4.79 Å².